The highest BCUT2D eigenvalue weighted by molar-refractivity contribution is 7.88. The molecule has 4 heterocycles. The largest absolute Gasteiger partial charge is 0.370 e. The van der Waals surface area contributed by atoms with Crippen molar-refractivity contribution in [2.45, 2.75) is 65.3 Å². The number of nitrogens with one attached hydrogen (secondary N) is 4. The Labute approximate surface area is 321 Å². The van der Waals surface area contributed by atoms with Crippen LogP contribution in [0.5, 0.6) is 0 Å². The maximum absolute atomic E-state index is 12.9. The fourth-order valence-electron chi connectivity index (χ4n) is 6.14. The van der Waals surface area contributed by atoms with Crippen molar-refractivity contribution >= 4 is 84.1 Å². The topological polar surface area (TPSA) is 204 Å². The standard InChI is InChI=1S/C34H43N11O6S3/c1-22-10-12-24(26(18-22)43-14-6-4-7-15-43)35-31(47)39-33-37-28(41-52-33)20-30(46)51-45(54(3,49)50)21-29-38-34(53-42-29)40-32(48)36-25-13-11-23(2)19-27(25)44-16-8-5-9-17-44/h10-13,18-19H,4-9,14-17,20-21H2,1-3H3,(H2,35,37,39,41,47)(H2,36,38,40,42,48). The number of carbonyl (C=O) groups excluding carboxylic acids is 3. The highest BCUT2D eigenvalue weighted by atomic mass is 32.2. The van der Waals surface area contributed by atoms with Crippen molar-refractivity contribution in [1.82, 2.24) is 23.2 Å². The molecule has 17 nitrogen and oxygen atoms in total. The van der Waals surface area contributed by atoms with Gasteiger partial charge in [0.1, 0.15) is 13.0 Å². The van der Waals surface area contributed by atoms with Crippen LogP contribution in [0.4, 0.5) is 42.6 Å². The lowest BCUT2D eigenvalue weighted by atomic mass is 10.1. The number of urea groups is 2. The number of hydrogen-bond donors (Lipinski definition) is 4. The van der Waals surface area contributed by atoms with Crippen LogP contribution in [0.1, 0.15) is 61.3 Å². The van der Waals surface area contributed by atoms with Gasteiger partial charge in [0.15, 0.2) is 11.6 Å². The molecule has 288 valence electrons. The van der Waals surface area contributed by atoms with Gasteiger partial charge in [-0.2, -0.15) is 8.75 Å². The molecule has 0 radical (unpaired) electrons. The van der Waals surface area contributed by atoms with Crippen LogP contribution in [0.3, 0.4) is 0 Å². The van der Waals surface area contributed by atoms with E-state index in [0.717, 1.165) is 104 Å². The SMILES string of the molecule is Cc1ccc(NC(=O)Nc2nc(CC(=O)ON(Cc3nsc(NC(=O)Nc4ccc(C)cc4N4CCCCC4)n3)S(C)(=O)=O)ns2)c(N2CCCCC2)c1. The minimum atomic E-state index is -4.08. The molecule has 2 fully saturated rings. The molecule has 0 bridgehead atoms. The average Bonchev–Trinajstić information content (AvgIpc) is 3.78. The van der Waals surface area contributed by atoms with Gasteiger partial charge in [-0.25, -0.2) is 32.8 Å². The number of sulfonamides is 1. The van der Waals surface area contributed by atoms with Crippen molar-refractivity contribution in [3.05, 3.63) is 59.2 Å². The van der Waals surface area contributed by atoms with Crippen LogP contribution in [0.25, 0.3) is 0 Å². The van der Waals surface area contributed by atoms with Gasteiger partial charge in [0.25, 0.3) is 0 Å². The molecule has 0 aliphatic carbocycles. The van der Waals surface area contributed by atoms with E-state index in [1.165, 1.54) is 12.8 Å². The van der Waals surface area contributed by atoms with E-state index in [2.05, 4.69) is 49.8 Å². The zero-order chi connectivity index (χ0) is 38.2. The van der Waals surface area contributed by atoms with Gasteiger partial charge in [-0.15, -0.1) is 0 Å². The summed E-state index contributed by atoms with van der Waals surface area (Å²) in [7, 11) is -4.08. The number of hydroxylamine groups is 1. The van der Waals surface area contributed by atoms with Crippen LogP contribution in [0.2, 0.25) is 0 Å². The lowest BCUT2D eigenvalue weighted by Gasteiger charge is -2.30. The van der Waals surface area contributed by atoms with Gasteiger partial charge in [0.05, 0.1) is 29.0 Å². The number of aryl methyl sites for hydroxylation is 2. The summed E-state index contributed by atoms with van der Waals surface area (Å²) in [5, 5.41) is 11.3. The Balaban J connectivity index is 1.01. The van der Waals surface area contributed by atoms with Crippen molar-refractivity contribution in [1.29, 1.82) is 0 Å². The minimum absolute atomic E-state index is 0.000769. The van der Waals surface area contributed by atoms with Gasteiger partial charge in [-0.05, 0) is 92.2 Å². The molecule has 54 heavy (non-hydrogen) atoms. The van der Waals surface area contributed by atoms with E-state index in [0.29, 0.717) is 15.8 Å². The number of amides is 4. The molecule has 4 amide bonds. The Morgan fingerprint density at radius 1 is 0.722 bits per heavy atom. The molecule has 6 rings (SSSR count). The maximum Gasteiger partial charge on any atom is 0.334 e. The first-order chi connectivity index (χ1) is 25.9. The Morgan fingerprint density at radius 3 is 1.67 bits per heavy atom. The summed E-state index contributed by atoms with van der Waals surface area (Å²) in [6.45, 7) is 7.15. The Kier molecular flexibility index (Phi) is 12.6. The molecule has 0 unspecified atom stereocenters. The van der Waals surface area contributed by atoms with Gasteiger partial charge in [-0.3, -0.25) is 10.6 Å². The van der Waals surface area contributed by atoms with Crippen LogP contribution < -0.4 is 31.1 Å². The van der Waals surface area contributed by atoms with E-state index in [1.54, 1.807) is 0 Å². The summed E-state index contributed by atoms with van der Waals surface area (Å²) in [5.74, 6) is -0.936. The van der Waals surface area contributed by atoms with Gasteiger partial charge in [-0.1, -0.05) is 12.1 Å². The van der Waals surface area contributed by atoms with Crippen molar-refractivity contribution in [2.75, 3.05) is 63.5 Å². The second kappa shape index (κ2) is 17.5. The highest BCUT2D eigenvalue weighted by Crippen LogP contribution is 2.31. The first-order valence-electron chi connectivity index (χ1n) is 17.6. The zero-order valence-corrected chi connectivity index (χ0v) is 32.7. The molecule has 2 aliphatic heterocycles. The third kappa shape index (κ3) is 10.6. The third-order valence-electron chi connectivity index (χ3n) is 8.72. The molecule has 4 N–H and O–H groups in total. The van der Waals surface area contributed by atoms with Crippen LogP contribution in [0, 0.1) is 13.8 Å². The highest BCUT2D eigenvalue weighted by Gasteiger charge is 2.26. The second-order valence-electron chi connectivity index (χ2n) is 13.2. The fraction of sp³-hybridized carbons (Fsp3) is 0.441. The van der Waals surface area contributed by atoms with Crippen LogP contribution in [0.15, 0.2) is 36.4 Å². The molecule has 0 spiro atoms. The van der Waals surface area contributed by atoms with E-state index in [4.69, 9.17) is 4.84 Å². The molecular formula is C34H43N11O6S3. The Bertz CT molecular complexity index is 2080. The molecule has 2 aromatic heterocycles. The van der Waals surface area contributed by atoms with E-state index >= 15 is 0 Å². The quantitative estimate of drug-likeness (QED) is 0.127. The maximum atomic E-state index is 12.9. The van der Waals surface area contributed by atoms with Crippen molar-refractivity contribution in [2.24, 2.45) is 0 Å². The second-order valence-corrected chi connectivity index (χ2v) is 16.6. The van der Waals surface area contributed by atoms with Crippen molar-refractivity contribution in [3.63, 3.8) is 0 Å². The lowest BCUT2D eigenvalue weighted by Crippen LogP contribution is -2.33. The zero-order valence-electron chi connectivity index (χ0n) is 30.3. The summed E-state index contributed by atoms with van der Waals surface area (Å²) in [5.41, 5.74) is 5.38. The number of rotatable bonds is 12. The number of nitrogens with zero attached hydrogens (tertiary/aromatic N) is 7. The Morgan fingerprint density at radius 2 is 1.19 bits per heavy atom. The first kappa shape index (κ1) is 38.8. The fourth-order valence-corrected chi connectivity index (χ4v) is 7.87. The predicted octanol–water partition coefficient (Wildman–Crippen LogP) is 5.74. The summed E-state index contributed by atoms with van der Waals surface area (Å²) >= 11 is 1.71. The lowest BCUT2D eigenvalue weighted by molar-refractivity contribution is -0.170. The molecule has 0 saturated carbocycles. The molecule has 20 heteroatoms. The number of carbonyl (C=O) groups is 3. The molecule has 4 aromatic rings. The average molecular weight is 798 g/mol. The van der Waals surface area contributed by atoms with Gasteiger partial charge in [0, 0.05) is 49.2 Å². The predicted molar refractivity (Wildman–Crippen MR) is 210 cm³/mol. The Hall–Kier alpha value is -4.92. The molecule has 0 atom stereocenters. The summed E-state index contributed by atoms with van der Waals surface area (Å²) in [6.07, 6.45) is 7.11. The van der Waals surface area contributed by atoms with Crippen LogP contribution in [-0.4, -0.2) is 82.1 Å². The summed E-state index contributed by atoms with van der Waals surface area (Å²) in [4.78, 5) is 56.7. The van der Waals surface area contributed by atoms with Crippen molar-refractivity contribution in [3.8, 4) is 0 Å². The van der Waals surface area contributed by atoms with Gasteiger partial charge in [0.2, 0.25) is 20.3 Å². The van der Waals surface area contributed by atoms with E-state index in [9.17, 15) is 22.8 Å². The monoisotopic (exact) mass is 797 g/mol. The number of hydrogen-bond acceptors (Lipinski definition) is 14. The minimum Gasteiger partial charge on any atom is -0.370 e. The smallest absolute Gasteiger partial charge is 0.334 e. The molecule has 2 aromatic carbocycles. The van der Waals surface area contributed by atoms with E-state index in [1.807, 2.05) is 50.2 Å². The molecule has 2 saturated heterocycles. The molecular weight excluding hydrogens is 755 g/mol. The third-order valence-corrected chi connectivity index (χ3v) is 11.0. The van der Waals surface area contributed by atoms with Crippen LogP contribution in [-0.2, 0) is 32.6 Å². The van der Waals surface area contributed by atoms with Gasteiger partial charge < -0.3 is 25.3 Å². The van der Waals surface area contributed by atoms with Gasteiger partial charge >= 0.3 is 18.0 Å². The van der Waals surface area contributed by atoms with E-state index < -0.39 is 41.0 Å². The normalized spacial score (nSPS) is 14.8. The molecule has 2 aliphatic rings. The summed E-state index contributed by atoms with van der Waals surface area (Å²) < 4.78 is 33.8. The first-order valence-corrected chi connectivity index (χ1v) is 21.0. The van der Waals surface area contributed by atoms with Crippen molar-refractivity contribution < 1.29 is 27.6 Å². The van der Waals surface area contributed by atoms with Crippen LogP contribution >= 0.6 is 23.1 Å². The number of piperidine rings is 2. The number of anilines is 6. The summed E-state index contributed by atoms with van der Waals surface area (Å²) in [6, 6.07) is 10.6. The van der Waals surface area contributed by atoms with E-state index in [-0.39, 0.29) is 21.9 Å². The number of aromatic nitrogens is 4. The number of benzene rings is 2.